The normalized spacial score (nSPS) is 12.1. The largest absolute Gasteiger partial charge is 0.478 e. The maximum Gasteiger partial charge on any atom is 0.331 e. The second-order valence-electron chi connectivity index (χ2n) is 4.98. The van der Waals surface area contributed by atoms with E-state index in [9.17, 15) is 9.18 Å². The molecule has 0 aliphatic rings. The number of nitrogens with zero attached hydrogens (tertiary/aromatic N) is 1. The van der Waals surface area contributed by atoms with Gasteiger partial charge in [-0.05, 0) is 25.5 Å². The molecule has 0 amide bonds. The van der Waals surface area contributed by atoms with Gasteiger partial charge in [0.1, 0.15) is 11.0 Å². The highest BCUT2D eigenvalue weighted by atomic mass is 35.5. The molecular weight excluding hydrogens is 293 g/mol. The molecule has 0 aliphatic carbocycles. The number of hydrogen-bond donors (Lipinski definition) is 1. The van der Waals surface area contributed by atoms with Crippen molar-refractivity contribution >= 4 is 34.5 Å². The van der Waals surface area contributed by atoms with Crippen LogP contribution in [-0.4, -0.2) is 15.6 Å². The number of aryl methyl sites for hydroxylation is 1. The van der Waals surface area contributed by atoms with Gasteiger partial charge in [0.25, 0.3) is 0 Å². The number of aromatic nitrogens is 1. The van der Waals surface area contributed by atoms with Crippen molar-refractivity contribution in [1.82, 2.24) is 4.57 Å². The summed E-state index contributed by atoms with van der Waals surface area (Å²) in [4.78, 5) is 11.0. The molecule has 0 saturated heterocycles. The smallest absolute Gasteiger partial charge is 0.331 e. The fourth-order valence-corrected chi connectivity index (χ4v) is 2.63. The lowest BCUT2D eigenvalue weighted by molar-refractivity contribution is -0.132. The molecule has 2 rings (SSSR count). The van der Waals surface area contributed by atoms with Crippen molar-refractivity contribution in [2.75, 3.05) is 0 Å². The zero-order valence-corrected chi connectivity index (χ0v) is 12.7. The molecule has 1 N–H and O–H groups in total. The quantitative estimate of drug-likeness (QED) is 0.812. The van der Waals surface area contributed by atoms with Gasteiger partial charge in [0.2, 0.25) is 0 Å². The average Bonchev–Trinajstić information content (AvgIpc) is 2.71. The van der Waals surface area contributed by atoms with Crippen molar-refractivity contribution < 1.29 is 14.3 Å². The number of hydrogen-bond acceptors (Lipinski definition) is 1. The van der Waals surface area contributed by atoms with E-state index in [-0.39, 0.29) is 11.4 Å². The maximum absolute atomic E-state index is 14.1. The van der Waals surface area contributed by atoms with Crippen molar-refractivity contribution in [2.24, 2.45) is 0 Å². The highest BCUT2D eigenvalue weighted by molar-refractivity contribution is 6.33. The van der Waals surface area contributed by atoms with Crippen LogP contribution in [0.2, 0.25) is 5.15 Å². The molecular formula is C16H17ClFNO2. The molecule has 1 aromatic carbocycles. The number of carboxylic acid groups (broad SMARTS) is 1. The zero-order valence-electron chi connectivity index (χ0n) is 12.0. The van der Waals surface area contributed by atoms with E-state index in [1.807, 2.05) is 6.92 Å². The van der Waals surface area contributed by atoms with Crippen molar-refractivity contribution in [3.8, 4) is 0 Å². The lowest BCUT2D eigenvalue weighted by Crippen LogP contribution is -1.99. The van der Waals surface area contributed by atoms with Crippen LogP contribution >= 0.6 is 11.6 Å². The summed E-state index contributed by atoms with van der Waals surface area (Å²) in [6.07, 6.45) is 3.33. The molecule has 2 aromatic rings. The SMILES string of the molecule is CCCCn1c(Cl)c(/C=C(\C)C(=O)O)c2cccc(F)c21. The number of fused-ring (bicyclic) bond motifs is 1. The van der Waals surface area contributed by atoms with Crippen LogP contribution in [0.25, 0.3) is 17.0 Å². The summed E-state index contributed by atoms with van der Waals surface area (Å²) in [7, 11) is 0. The molecule has 0 spiro atoms. The third kappa shape index (κ3) is 2.95. The Kier molecular flexibility index (Phi) is 4.68. The van der Waals surface area contributed by atoms with E-state index < -0.39 is 5.97 Å². The Morgan fingerprint density at radius 3 is 2.81 bits per heavy atom. The summed E-state index contributed by atoms with van der Waals surface area (Å²) < 4.78 is 15.9. The Balaban J connectivity index is 2.71. The Morgan fingerprint density at radius 1 is 1.48 bits per heavy atom. The van der Waals surface area contributed by atoms with Gasteiger partial charge in [0.05, 0.1) is 5.52 Å². The Labute approximate surface area is 127 Å². The van der Waals surface area contributed by atoms with E-state index in [0.717, 1.165) is 12.8 Å². The summed E-state index contributed by atoms with van der Waals surface area (Å²) in [5.41, 5.74) is 1.15. The third-order valence-corrected chi connectivity index (χ3v) is 3.85. The summed E-state index contributed by atoms with van der Waals surface area (Å²) in [6.45, 7) is 4.14. The van der Waals surface area contributed by atoms with Gasteiger partial charge in [-0.25, -0.2) is 9.18 Å². The molecule has 0 saturated carbocycles. The van der Waals surface area contributed by atoms with Crippen LogP contribution in [0.4, 0.5) is 4.39 Å². The van der Waals surface area contributed by atoms with Gasteiger partial charge in [-0.1, -0.05) is 37.1 Å². The Bertz CT molecular complexity index is 719. The molecule has 0 atom stereocenters. The van der Waals surface area contributed by atoms with Crippen LogP contribution in [0.3, 0.4) is 0 Å². The predicted octanol–water partition coefficient (Wildman–Crippen LogP) is 4.72. The average molecular weight is 310 g/mol. The summed E-state index contributed by atoms with van der Waals surface area (Å²) in [6, 6.07) is 4.75. The van der Waals surface area contributed by atoms with Gasteiger partial charge in [-0.3, -0.25) is 0 Å². The van der Waals surface area contributed by atoms with E-state index in [1.54, 1.807) is 16.7 Å². The maximum atomic E-state index is 14.1. The van der Waals surface area contributed by atoms with Gasteiger partial charge in [0.15, 0.2) is 0 Å². The molecule has 3 nitrogen and oxygen atoms in total. The molecule has 0 bridgehead atoms. The van der Waals surface area contributed by atoms with Crippen molar-refractivity contribution in [3.05, 3.63) is 40.3 Å². The molecule has 0 radical (unpaired) electrons. The minimum absolute atomic E-state index is 0.163. The highest BCUT2D eigenvalue weighted by Gasteiger charge is 2.17. The predicted molar refractivity (Wildman–Crippen MR) is 83.1 cm³/mol. The van der Waals surface area contributed by atoms with Crippen LogP contribution in [0.1, 0.15) is 32.3 Å². The van der Waals surface area contributed by atoms with Crippen molar-refractivity contribution in [3.63, 3.8) is 0 Å². The van der Waals surface area contributed by atoms with Crippen LogP contribution in [0, 0.1) is 5.82 Å². The van der Waals surface area contributed by atoms with Gasteiger partial charge >= 0.3 is 5.97 Å². The first-order valence-electron chi connectivity index (χ1n) is 6.85. The molecule has 21 heavy (non-hydrogen) atoms. The first-order chi connectivity index (χ1) is 9.97. The first kappa shape index (κ1) is 15.6. The molecule has 0 unspecified atom stereocenters. The van der Waals surface area contributed by atoms with Gasteiger partial charge in [-0.15, -0.1) is 0 Å². The van der Waals surface area contributed by atoms with Crippen LogP contribution < -0.4 is 0 Å². The molecule has 0 aliphatic heterocycles. The monoisotopic (exact) mass is 309 g/mol. The number of unbranched alkanes of at least 4 members (excludes halogenated alkanes) is 1. The third-order valence-electron chi connectivity index (χ3n) is 3.44. The number of benzene rings is 1. The second-order valence-corrected chi connectivity index (χ2v) is 5.34. The van der Waals surface area contributed by atoms with Crippen LogP contribution in [0.5, 0.6) is 0 Å². The minimum Gasteiger partial charge on any atom is -0.478 e. The van der Waals surface area contributed by atoms with Gasteiger partial charge in [-0.2, -0.15) is 0 Å². The lowest BCUT2D eigenvalue weighted by atomic mass is 10.1. The molecule has 5 heteroatoms. The van der Waals surface area contributed by atoms with Gasteiger partial charge < -0.3 is 9.67 Å². The highest BCUT2D eigenvalue weighted by Crippen LogP contribution is 2.33. The van der Waals surface area contributed by atoms with E-state index in [4.69, 9.17) is 16.7 Å². The number of para-hydroxylation sites is 1. The zero-order chi connectivity index (χ0) is 15.6. The molecule has 0 fully saturated rings. The topological polar surface area (TPSA) is 42.2 Å². The Morgan fingerprint density at radius 2 is 2.19 bits per heavy atom. The van der Waals surface area contributed by atoms with E-state index in [1.165, 1.54) is 19.1 Å². The number of carboxylic acids is 1. The van der Waals surface area contributed by atoms with Crippen molar-refractivity contribution in [2.45, 2.75) is 33.2 Å². The number of halogens is 2. The molecule has 1 aromatic heterocycles. The summed E-state index contributed by atoms with van der Waals surface area (Å²) in [5.74, 6) is -1.37. The lowest BCUT2D eigenvalue weighted by Gasteiger charge is -2.06. The fraction of sp³-hybridized carbons (Fsp3) is 0.312. The van der Waals surface area contributed by atoms with Crippen LogP contribution in [0.15, 0.2) is 23.8 Å². The van der Waals surface area contributed by atoms with Crippen molar-refractivity contribution in [1.29, 1.82) is 0 Å². The minimum atomic E-state index is -1.02. The molecule has 1 heterocycles. The summed E-state index contributed by atoms with van der Waals surface area (Å²) >= 11 is 6.37. The number of aliphatic carboxylic acids is 1. The number of carbonyl (C=O) groups is 1. The fourth-order valence-electron chi connectivity index (χ4n) is 2.30. The standard InChI is InChI=1S/C16H17ClFNO2/c1-3-4-8-19-14-11(6-5-7-13(14)18)12(15(19)17)9-10(2)16(20)21/h5-7,9H,3-4,8H2,1-2H3,(H,20,21)/b10-9+. The van der Waals surface area contributed by atoms with Gasteiger partial charge in [0, 0.05) is 23.1 Å². The summed E-state index contributed by atoms with van der Waals surface area (Å²) in [5, 5.41) is 10.0. The van der Waals surface area contributed by atoms with Crippen LogP contribution in [-0.2, 0) is 11.3 Å². The first-order valence-corrected chi connectivity index (χ1v) is 7.23. The molecule has 112 valence electrons. The van der Waals surface area contributed by atoms with E-state index in [0.29, 0.717) is 28.2 Å². The Hall–Kier alpha value is -1.81. The number of rotatable bonds is 5. The van der Waals surface area contributed by atoms with E-state index in [2.05, 4.69) is 0 Å². The second kappa shape index (κ2) is 6.31. The van der Waals surface area contributed by atoms with E-state index >= 15 is 0 Å².